The van der Waals surface area contributed by atoms with Crippen LogP contribution >= 0.6 is 0 Å². The number of carbonyl (C=O) groups is 1. The minimum absolute atomic E-state index is 0.221. The van der Waals surface area contributed by atoms with Crippen LogP contribution in [-0.2, 0) is 6.54 Å². The topological polar surface area (TPSA) is 73.3 Å². The molecule has 24 heavy (non-hydrogen) atoms. The summed E-state index contributed by atoms with van der Waals surface area (Å²) in [7, 11) is 1.59. The molecule has 124 valence electrons. The zero-order chi connectivity index (χ0) is 17.1. The van der Waals surface area contributed by atoms with Gasteiger partial charge in [-0.1, -0.05) is 6.07 Å². The second-order valence-corrected chi connectivity index (χ2v) is 5.33. The van der Waals surface area contributed by atoms with E-state index in [2.05, 4.69) is 4.98 Å². The highest BCUT2D eigenvalue weighted by Crippen LogP contribution is 2.28. The minimum Gasteiger partial charge on any atom is -0.493 e. The highest BCUT2D eigenvalue weighted by molar-refractivity contribution is 5.84. The second-order valence-electron chi connectivity index (χ2n) is 5.33. The van der Waals surface area contributed by atoms with Crippen LogP contribution in [-0.4, -0.2) is 29.6 Å². The Hall–Kier alpha value is -3.02. The molecule has 3 rings (SSSR count). The van der Waals surface area contributed by atoms with E-state index in [4.69, 9.17) is 9.47 Å². The van der Waals surface area contributed by atoms with Gasteiger partial charge >= 0.3 is 5.69 Å². The number of carbonyl (C=O) groups excluding carboxylic acids is 1. The van der Waals surface area contributed by atoms with Crippen LogP contribution in [0.2, 0.25) is 0 Å². The van der Waals surface area contributed by atoms with Crippen LogP contribution in [0.1, 0.15) is 22.8 Å². The summed E-state index contributed by atoms with van der Waals surface area (Å²) in [4.78, 5) is 25.9. The predicted molar refractivity (Wildman–Crippen MR) is 91.2 cm³/mol. The maximum absolute atomic E-state index is 12.2. The fraction of sp³-hybridized carbons (Fsp3) is 0.222. The first-order valence-corrected chi connectivity index (χ1v) is 7.63. The van der Waals surface area contributed by atoms with Crippen molar-refractivity contribution in [3.8, 4) is 11.5 Å². The van der Waals surface area contributed by atoms with Gasteiger partial charge in [-0.05, 0) is 42.8 Å². The molecule has 6 nitrogen and oxygen atoms in total. The number of ether oxygens (including phenoxy) is 2. The number of imidazole rings is 1. The van der Waals surface area contributed by atoms with E-state index >= 15 is 0 Å². The number of nitrogens with zero attached hydrogens (tertiary/aromatic N) is 1. The van der Waals surface area contributed by atoms with Crippen LogP contribution in [0.15, 0.2) is 41.2 Å². The van der Waals surface area contributed by atoms with E-state index in [1.165, 1.54) is 0 Å². The standard InChI is InChI=1S/C18H18N2O4/c1-3-24-17-9-12(5-7-16(17)23-2)10-20-15-6-4-13(11-21)8-14(15)19-18(20)22/h4-9,11H,3,10H2,1-2H3,(H,19,22). The van der Waals surface area contributed by atoms with E-state index in [1.54, 1.807) is 29.9 Å². The summed E-state index contributed by atoms with van der Waals surface area (Å²) in [5.74, 6) is 1.30. The van der Waals surface area contributed by atoms with Crippen LogP contribution in [0, 0.1) is 0 Å². The third kappa shape index (κ3) is 2.90. The maximum Gasteiger partial charge on any atom is 0.326 e. The minimum atomic E-state index is -0.221. The molecular weight excluding hydrogens is 308 g/mol. The Balaban J connectivity index is 2.00. The average molecular weight is 326 g/mol. The molecule has 1 heterocycles. The van der Waals surface area contributed by atoms with Gasteiger partial charge in [0.25, 0.3) is 0 Å². The molecule has 0 unspecified atom stereocenters. The van der Waals surface area contributed by atoms with E-state index in [1.807, 2.05) is 25.1 Å². The summed E-state index contributed by atoms with van der Waals surface area (Å²) < 4.78 is 12.5. The lowest BCUT2D eigenvalue weighted by Gasteiger charge is -2.11. The Morgan fingerprint density at radius 1 is 1.17 bits per heavy atom. The molecule has 0 amide bonds. The Morgan fingerprint density at radius 3 is 2.71 bits per heavy atom. The molecule has 0 radical (unpaired) electrons. The van der Waals surface area contributed by atoms with Crippen molar-refractivity contribution < 1.29 is 14.3 Å². The maximum atomic E-state index is 12.2. The summed E-state index contributed by atoms with van der Waals surface area (Å²) >= 11 is 0. The summed E-state index contributed by atoms with van der Waals surface area (Å²) in [5.41, 5.74) is 2.62. The van der Waals surface area contributed by atoms with Gasteiger partial charge in [0.05, 0.1) is 31.3 Å². The molecule has 1 aromatic heterocycles. The molecule has 0 atom stereocenters. The quantitative estimate of drug-likeness (QED) is 0.707. The Labute approximate surface area is 138 Å². The summed E-state index contributed by atoms with van der Waals surface area (Å²) in [6.07, 6.45) is 0.757. The van der Waals surface area contributed by atoms with Crippen molar-refractivity contribution in [3.63, 3.8) is 0 Å². The molecule has 3 aromatic rings. The van der Waals surface area contributed by atoms with Gasteiger partial charge in [-0.3, -0.25) is 9.36 Å². The number of fused-ring (bicyclic) bond motifs is 1. The predicted octanol–water partition coefficient (Wildman–Crippen LogP) is 2.60. The van der Waals surface area contributed by atoms with Crippen LogP contribution in [0.4, 0.5) is 0 Å². The first-order chi connectivity index (χ1) is 11.7. The van der Waals surface area contributed by atoms with Crippen LogP contribution in [0.3, 0.4) is 0 Å². The van der Waals surface area contributed by atoms with Crippen molar-refractivity contribution in [2.75, 3.05) is 13.7 Å². The molecule has 0 fully saturated rings. The molecule has 6 heteroatoms. The van der Waals surface area contributed by atoms with Gasteiger partial charge in [0.1, 0.15) is 6.29 Å². The van der Waals surface area contributed by atoms with Gasteiger partial charge in [-0.15, -0.1) is 0 Å². The van der Waals surface area contributed by atoms with Crippen molar-refractivity contribution in [3.05, 3.63) is 58.0 Å². The van der Waals surface area contributed by atoms with Crippen LogP contribution in [0.5, 0.6) is 11.5 Å². The molecule has 0 aliphatic rings. The highest BCUT2D eigenvalue weighted by atomic mass is 16.5. The van der Waals surface area contributed by atoms with E-state index in [0.717, 1.165) is 17.4 Å². The van der Waals surface area contributed by atoms with Gasteiger partial charge in [0.15, 0.2) is 11.5 Å². The van der Waals surface area contributed by atoms with E-state index in [0.29, 0.717) is 35.7 Å². The molecule has 1 N–H and O–H groups in total. The van der Waals surface area contributed by atoms with Crippen molar-refractivity contribution >= 4 is 17.3 Å². The lowest BCUT2D eigenvalue weighted by atomic mass is 10.2. The summed E-state index contributed by atoms with van der Waals surface area (Å²) in [6, 6.07) is 10.7. The van der Waals surface area contributed by atoms with Gasteiger partial charge in [0.2, 0.25) is 0 Å². The largest absolute Gasteiger partial charge is 0.493 e. The average Bonchev–Trinajstić information content (AvgIpc) is 2.90. The number of benzene rings is 2. The Kier molecular flexibility index (Phi) is 4.37. The monoisotopic (exact) mass is 326 g/mol. The molecule has 0 spiro atoms. The molecule has 0 aliphatic carbocycles. The van der Waals surface area contributed by atoms with Crippen LogP contribution in [0.25, 0.3) is 11.0 Å². The number of hydrogen-bond acceptors (Lipinski definition) is 4. The van der Waals surface area contributed by atoms with E-state index in [9.17, 15) is 9.59 Å². The van der Waals surface area contributed by atoms with Crippen molar-refractivity contribution in [1.82, 2.24) is 9.55 Å². The van der Waals surface area contributed by atoms with Gasteiger partial charge in [-0.2, -0.15) is 0 Å². The summed E-state index contributed by atoms with van der Waals surface area (Å²) in [5, 5.41) is 0. The summed E-state index contributed by atoms with van der Waals surface area (Å²) in [6.45, 7) is 2.82. The number of aromatic amines is 1. The van der Waals surface area contributed by atoms with E-state index < -0.39 is 0 Å². The molecule has 0 saturated heterocycles. The van der Waals surface area contributed by atoms with Crippen LogP contribution < -0.4 is 15.2 Å². The number of aromatic nitrogens is 2. The number of methoxy groups -OCH3 is 1. The zero-order valence-corrected chi connectivity index (χ0v) is 13.5. The number of nitrogens with one attached hydrogen (secondary N) is 1. The second kappa shape index (κ2) is 6.62. The zero-order valence-electron chi connectivity index (χ0n) is 13.5. The molecule has 0 saturated carbocycles. The first-order valence-electron chi connectivity index (χ1n) is 7.63. The number of aldehydes is 1. The molecule has 2 aromatic carbocycles. The molecule has 0 bridgehead atoms. The normalized spacial score (nSPS) is 10.8. The highest BCUT2D eigenvalue weighted by Gasteiger charge is 2.10. The lowest BCUT2D eigenvalue weighted by molar-refractivity contribution is 0.112. The fourth-order valence-corrected chi connectivity index (χ4v) is 2.68. The van der Waals surface area contributed by atoms with Gasteiger partial charge < -0.3 is 14.5 Å². The Bertz CT molecular complexity index is 940. The molecular formula is C18H18N2O4. The molecule has 0 aliphatic heterocycles. The fourth-order valence-electron chi connectivity index (χ4n) is 2.68. The smallest absolute Gasteiger partial charge is 0.326 e. The van der Waals surface area contributed by atoms with Crippen molar-refractivity contribution in [2.24, 2.45) is 0 Å². The number of hydrogen-bond donors (Lipinski definition) is 1. The van der Waals surface area contributed by atoms with Gasteiger partial charge in [-0.25, -0.2) is 4.79 Å². The Morgan fingerprint density at radius 2 is 2.00 bits per heavy atom. The van der Waals surface area contributed by atoms with Gasteiger partial charge in [0, 0.05) is 5.56 Å². The lowest BCUT2D eigenvalue weighted by Crippen LogP contribution is -2.17. The van der Waals surface area contributed by atoms with E-state index in [-0.39, 0.29) is 5.69 Å². The third-order valence-electron chi connectivity index (χ3n) is 3.80. The first kappa shape index (κ1) is 15.9. The van der Waals surface area contributed by atoms with Crippen molar-refractivity contribution in [1.29, 1.82) is 0 Å². The van der Waals surface area contributed by atoms with Crippen molar-refractivity contribution in [2.45, 2.75) is 13.5 Å². The number of H-pyrrole nitrogens is 1. The number of rotatable bonds is 6. The third-order valence-corrected chi connectivity index (χ3v) is 3.80. The SMILES string of the molecule is CCOc1cc(Cn2c(=O)[nH]c3cc(C=O)ccc32)ccc1OC.